The minimum Gasteiger partial charge on any atom is -0.476 e. The first kappa shape index (κ1) is 23.4. The number of carbonyl (C=O) groups excluding carboxylic acids is 1. The van der Waals surface area contributed by atoms with Crippen molar-refractivity contribution in [3.63, 3.8) is 0 Å². The number of nitrogens with zero attached hydrogens (tertiary/aromatic N) is 5. The summed E-state index contributed by atoms with van der Waals surface area (Å²) in [4.78, 5) is 44.5. The number of imidazole rings is 1. The second kappa shape index (κ2) is 10.0. The van der Waals surface area contributed by atoms with E-state index in [1.54, 1.807) is 18.1 Å². The molecule has 3 aromatic rings. The van der Waals surface area contributed by atoms with Gasteiger partial charge in [0, 0.05) is 39.0 Å². The molecule has 3 aromatic heterocycles. The molecule has 12 heteroatoms. The number of hydrogen-bond acceptors (Lipinski definition) is 8. The SMILES string of the molecule is CCc1[nH]c(C(=O)N(CCOC)C2CCN(c3nc4ccnc(C(=O)O)c4s3)CC2)nc1Cl. The predicted octanol–water partition coefficient (Wildman–Crippen LogP) is 3.09. The second-order valence-corrected chi connectivity index (χ2v) is 9.06. The van der Waals surface area contributed by atoms with Gasteiger partial charge in [0.1, 0.15) is 0 Å². The first-order chi connectivity index (χ1) is 15.9. The van der Waals surface area contributed by atoms with E-state index >= 15 is 0 Å². The Labute approximate surface area is 199 Å². The molecule has 0 unspecified atom stereocenters. The molecule has 2 N–H and O–H groups in total. The molecule has 1 aliphatic rings. The number of rotatable bonds is 8. The van der Waals surface area contributed by atoms with Gasteiger partial charge >= 0.3 is 5.97 Å². The minimum atomic E-state index is -1.06. The van der Waals surface area contributed by atoms with Crippen molar-refractivity contribution in [1.29, 1.82) is 0 Å². The maximum absolute atomic E-state index is 13.2. The summed E-state index contributed by atoms with van der Waals surface area (Å²) in [5.41, 5.74) is 1.39. The van der Waals surface area contributed by atoms with Crippen molar-refractivity contribution in [3.05, 3.63) is 34.6 Å². The van der Waals surface area contributed by atoms with E-state index in [0.29, 0.717) is 48.0 Å². The normalized spacial score (nSPS) is 14.7. The van der Waals surface area contributed by atoms with E-state index in [0.717, 1.165) is 23.7 Å². The molecule has 0 aliphatic carbocycles. The number of aromatic nitrogens is 4. The van der Waals surface area contributed by atoms with Gasteiger partial charge in [-0.3, -0.25) is 4.79 Å². The van der Waals surface area contributed by atoms with Gasteiger partial charge in [-0.25, -0.2) is 19.7 Å². The van der Waals surface area contributed by atoms with Crippen LogP contribution in [0.4, 0.5) is 5.13 Å². The number of anilines is 1. The number of hydrogen-bond donors (Lipinski definition) is 2. The predicted molar refractivity (Wildman–Crippen MR) is 125 cm³/mol. The number of H-pyrrole nitrogens is 1. The molecule has 0 saturated carbocycles. The van der Waals surface area contributed by atoms with E-state index in [2.05, 4.69) is 24.8 Å². The summed E-state index contributed by atoms with van der Waals surface area (Å²) in [6, 6.07) is 1.74. The van der Waals surface area contributed by atoms with E-state index in [9.17, 15) is 14.7 Å². The Bertz CT molecular complexity index is 1160. The topological polar surface area (TPSA) is 125 Å². The number of amides is 1. The smallest absolute Gasteiger partial charge is 0.356 e. The number of fused-ring (bicyclic) bond motifs is 1. The number of carboxylic acids is 1. The van der Waals surface area contributed by atoms with Gasteiger partial charge in [0.15, 0.2) is 21.8 Å². The maximum atomic E-state index is 13.2. The van der Waals surface area contributed by atoms with Crippen LogP contribution in [0.3, 0.4) is 0 Å². The number of aromatic carboxylic acids is 1. The van der Waals surface area contributed by atoms with Crippen molar-refractivity contribution in [3.8, 4) is 0 Å². The molecule has 1 saturated heterocycles. The molecule has 4 heterocycles. The Hall–Kier alpha value is -2.76. The number of pyridine rings is 1. The fraction of sp³-hybridized carbons (Fsp3) is 0.476. The average Bonchev–Trinajstić information content (AvgIpc) is 3.42. The van der Waals surface area contributed by atoms with Gasteiger partial charge in [-0.15, -0.1) is 0 Å². The van der Waals surface area contributed by atoms with Crippen molar-refractivity contribution in [2.45, 2.75) is 32.2 Å². The molecule has 1 aliphatic heterocycles. The van der Waals surface area contributed by atoms with Crippen LogP contribution in [0.5, 0.6) is 0 Å². The molecule has 1 amide bonds. The quantitative estimate of drug-likeness (QED) is 0.491. The van der Waals surface area contributed by atoms with Crippen molar-refractivity contribution >= 4 is 50.2 Å². The van der Waals surface area contributed by atoms with E-state index < -0.39 is 5.97 Å². The zero-order chi connectivity index (χ0) is 23.5. The first-order valence-corrected chi connectivity index (χ1v) is 11.9. The van der Waals surface area contributed by atoms with Crippen LogP contribution in [0.15, 0.2) is 12.3 Å². The Kier molecular flexibility index (Phi) is 7.11. The van der Waals surface area contributed by atoms with Crippen molar-refractivity contribution in [1.82, 2.24) is 24.8 Å². The summed E-state index contributed by atoms with van der Waals surface area (Å²) in [7, 11) is 1.61. The molecule has 0 aromatic carbocycles. The van der Waals surface area contributed by atoms with Crippen LogP contribution in [-0.2, 0) is 11.2 Å². The van der Waals surface area contributed by atoms with Crippen molar-refractivity contribution in [2.24, 2.45) is 0 Å². The monoisotopic (exact) mass is 492 g/mol. The third-order valence-corrected chi connectivity index (χ3v) is 7.20. The van der Waals surface area contributed by atoms with Gasteiger partial charge in [0.2, 0.25) is 0 Å². The lowest BCUT2D eigenvalue weighted by Crippen LogP contribution is -2.48. The Balaban J connectivity index is 1.49. The number of carbonyl (C=O) groups is 2. The summed E-state index contributed by atoms with van der Waals surface area (Å²) in [6.45, 7) is 4.20. The van der Waals surface area contributed by atoms with Gasteiger partial charge in [0.05, 0.1) is 22.5 Å². The van der Waals surface area contributed by atoms with Crippen LogP contribution in [0, 0.1) is 0 Å². The molecule has 0 spiro atoms. The highest BCUT2D eigenvalue weighted by atomic mass is 35.5. The zero-order valence-electron chi connectivity index (χ0n) is 18.4. The van der Waals surface area contributed by atoms with Crippen LogP contribution in [0.25, 0.3) is 10.2 Å². The van der Waals surface area contributed by atoms with Gasteiger partial charge < -0.3 is 24.6 Å². The number of nitrogens with one attached hydrogen (secondary N) is 1. The number of carboxylic acid groups (broad SMARTS) is 1. The Morgan fingerprint density at radius 1 is 1.36 bits per heavy atom. The number of methoxy groups -OCH3 is 1. The fourth-order valence-electron chi connectivity index (χ4n) is 4.00. The van der Waals surface area contributed by atoms with Crippen LogP contribution >= 0.6 is 22.9 Å². The zero-order valence-corrected chi connectivity index (χ0v) is 19.9. The van der Waals surface area contributed by atoms with Crippen LogP contribution in [0.2, 0.25) is 5.15 Å². The highest BCUT2D eigenvalue weighted by Crippen LogP contribution is 2.32. The summed E-state index contributed by atoms with van der Waals surface area (Å²) in [6.07, 6.45) is 3.61. The lowest BCUT2D eigenvalue weighted by molar-refractivity contribution is 0.0557. The third-order valence-electron chi connectivity index (χ3n) is 5.75. The van der Waals surface area contributed by atoms with Gasteiger partial charge in [-0.05, 0) is 25.3 Å². The number of aromatic amines is 1. The number of ether oxygens (including phenoxy) is 1. The van der Waals surface area contributed by atoms with Crippen LogP contribution in [0.1, 0.15) is 46.6 Å². The second-order valence-electron chi connectivity index (χ2n) is 7.73. The fourth-order valence-corrected chi connectivity index (χ4v) is 5.36. The van der Waals surface area contributed by atoms with Gasteiger partial charge in [-0.2, -0.15) is 0 Å². The molecular formula is C21H25ClN6O4S. The van der Waals surface area contributed by atoms with E-state index in [4.69, 9.17) is 16.3 Å². The molecule has 1 fully saturated rings. The summed E-state index contributed by atoms with van der Waals surface area (Å²) >= 11 is 7.48. The third kappa shape index (κ3) is 4.80. The van der Waals surface area contributed by atoms with Gasteiger partial charge in [0.25, 0.3) is 5.91 Å². The molecule has 10 nitrogen and oxygen atoms in total. The summed E-state index contributed by atoms with van der Waals surface area (Å²) in [5, 5.41) is 10.5. The standard InChI is InChI=1S/C21H25ClN6O4S/c1-3-13-17(22)26-18(24-13)19(29)28(10-11-32-2)12-5-8-27(9-6-12)21-25-14-4-7-23-15(20(30)31)16(14)33-21/h4,7,12H,3,5-6,8-11H2,1-2H3,(H,24,26)(H,30,31). The molecule has 176 valence electrons. The van der Waals surface area contributed by atoms with E-state index in [1.165, 1.54) is 17.5 Å². The average molecular weight is 493 g/mol. The van der Waals surface area contributed by atoms with E-state index in [1.807, 2.05) is 6.92 Å². The lowest BCUT2D eigenvalue weighted by Gasteiger charge is -2.38. The van der Waals surface area contributed by atoms with Crippen molar-refractivity contribution in [2.75, 3.05) is 38.3 Å². The molecule has 33 heavy (non-hydrogen) atoms. The van der Waals surface area contributed by atoms with Crippen molar-refractivity contribution < 1.29 is 19.4 Å². The number of aryl methyl sites for hydroxylation is 1. The minimum absolute atomic E-state index is 0.0171. The van der Waals surface area contributed by atoms with E-state index in [-0.39, 0.29) is 23.5 Å². The number of halogens is 1. The lowest BCUT2D eigenvalue weighted by atomic mass is 10.0. The Morgan fingerprint density at radius 3 is 2.76 bits per heavy atom. The van der Waals surface area contributed by atoms with Crippen LogP contribution < -0.4 is 4.90 Å². The molecular weight excluding hydrogens is 468 g/mol. The Morgan fingerprint density at radius 2 is 2.12 bits per heavy atom. The highest BCUT2D eigenvalue weighted by molar-refractivity contribution is 7.22. The number of piperidine rings is 1. The maximum Gasteiger partial charge on any atom is 0.356 e. The first-order valence-electron chi connectivity index (χ1n) is 10.7. The highest BCUT2D eigenvalue weighted by Gasteiger charge is 2.31. The molecule has 0 atom stereocenters. The van der Waals surface area contributed by atoms with Crippen LogP contribution in [-0.4, -0.2) is 81.2 Å². The molecule has 0 bridgehead atoms. The summed E-state index contributed by atoms with van der Waals surface area (Å²) in [5.74, 6) is -1.01. The largest absolute Gasteiger partial charge is 0.476 e. The number of thiazole rings is 1. The van der Waals surface area contributed by atoms with Gasteiger partial charge in [-0.1, -0.05) is 29.9 Å². The summed E-state index contributed by atoms with van der Waals surface area (Å²) < 4.78 is 5.80. The molecule has 0 radical (unpaired) electrons. The molecule has 4 rings (SSSR count).